The van der Waals surface area contributed by atoms with Crippen molar-refractivity contribution in [3.05, 3.63) is 46.5 Å². The molecule has 2 aliphatic heterocycles. The van der Waals surface area contributed by atoms with Gasteiger partial charge in [-0.25, -0.2) is 0 Å². The van der Waals surface area contributed by atoms with Crippen LogP contribution < -0.4 is 0 Å². The molecule has 0 N–H and O–H groups in total. The van der Waals surface area contributed by atoms with Gasteiger partial charge in [-0.05, 0) is 30.4 Å². The monoisotopic (exact) mass is 490 g/mol. The molecule has 4 amide bonds. The van der Waals surface area contributed by atoms with E-state index in [1.165, 1.54) is 41.9 Å². The Balaban J connectivity index is 1.56. The Morgan fingerprint density at radius 2 is 1.06 bits per heavy atom. The summed E-state index contributed by atoms with van der Waals surface area (Å²) in [7, 11) is 0. The lowest BCUT2D eigenvalue weighted by Gasteiger charge is -2.27. The molecule has 2 aromatic rings. The highest BCUT2D eigenvalue weighted by Gasteiger charge is 2.41. The number of imide groups is 2. The van der Waals surface area contributed by atoms with Gasteiger partial charge in [-0.2, -0.15) is 0 Å². The lowest BCUT2D eigenvalue weighted by molar-refractivity contribution is 0.0604. The van der Waals surface area contributed by atoms with Crippen LogP contribution in [0.1, 0.15) is 132 Å². The first kappa shape index (κ1) is 26.1. The van der Waals surface area contributed by atoms with Gasteiger partial charge in [0.2, 0.25) is 0 Å². The third kappa shape index (κ3) is 4.95. The average Bonchev–Trinajstić information content (AvgIpc) is 3.12. The number of carbonyl (C=O) groups excluding carboxylic acids is 4. The maximum Gasteiger partial charge on any atom is 0.262 e. The van der Waals surface area contributed by atoms with Crippen LogP contribution in [0.15, 0.2) is 24.3 Å². The Morgan fingerprint density at radius 3 is 1.67 bits per heavy atom. The number of benzene rings is 2. The summed E-state index contributed by atoms with van der Waals surface area (Å²) >= 11 is 0. The largest absolute Gasteiger partial charge is 0.274 e. The van der Waals surface area contributed by atoms with E-state index in [1.807, 2.05) is 0 Å². The molecule has 2 aliphatic rings. The van der Waals surface area contributed by atoms with Gasteiger partial charge < -0.3 is 0 Å². The second-order valence-electron chi connectivity index (χ2n) is 10.1. The smallest absolute Gasteiger partial charge is 0.262 e. The van der Waals surface area contributed by atoms with E-state index in [2.05, 4.69) is 13.8 Å². The molecular weight excluding hydrogens is 452 g/mol. The van der Waals surface area contributed by atoms with Crippen LogP contribution in [0.2, 0.25) is 0 Å². The summed E-state index contributed by atoms with van der Waals surface area (Å²) in [5, 5.41) is 1.04. The van der Waals surface area contributed by atoms with Gasteiger partial charge in [-0.3, -0.25) is 29.0 Å². The molecule has 0 spiro atoms. The molecule has 0 bridgehead atoms. The molecule has 0 fully saturated rings. The Bertz CT molecular complexity index is 1170. The lowest BCUT2D eigenvalue weighted by Crippen LogP contribution is -2.41. The first-order chi connectivity index (χ1) is 17.5. The summed E-state index contributed by atoms with van der Waals surface area (Å²) in [5.41, 5.74) is 1.41. The molecule has 0 radical (unpaired) electrons. The van der Waals surface area contributed by atoms with Crippen LogP contribution in [-0.2, 0) is 0 Å². The highest BCUT2D eigenvalue weighted by atomic mass is 16.2. The van der Waals surface area contributed by atoms with Crippen LogP contribution in [0.5, 0.6) is 0 Å². The minimum absolute atomic E-state index is 0.285. The van der Waals surface area contributed by atoms with E-state index in [-0.39, 0.29) is 29.2 Å². The van der Waals surface area contributed by atoms with Crippen molar-refractivity contribution in [3.63, 3.8) is 0 Å². The van der Waals surface area contributed by atoms with Gasteiger partial charge in [0.15, 0.2) is 0 Å². The van der Waals surface area contributed by atoms with Crippen molar-refractivity contribution in [1.82, 2.24) is 9.80 Å². The molecule has 0 atom stereocenters. The topological polar surface area (TPSA) is 74.8 Å². The summed E-state index contributed by atoms with van der Waals surface area (Å²) in [5.74, 6) is -1.33. The Labute approximate surface area is 214 Å². The molecule has 6 nitrogen and oxygen atoms in total. The third-order valence-corrected chi connectivity index (χ3v) is 7.52. The van der Waals surface area contributed by atoms with Gasteiger partial charge in [0, 0.05) is 29.6 Å². The third-order valence-electron chi connectivity index (χ3n) is 7.52. The van der Waals surface area contributed by atoms with Crippen LogP contribution >= 0.6 is 0 Å². The average molecular weight is 491 g/mol. The number of unbranched alkanes of at least 4 members (excludes halogenated alkanes) is 10. The van der Waals surface area contributed by atoms with Crippen molar-refractivity contribution in [1.29, 1.82) is 0 Å². The van der Waals surface area contributed by atoms with Crippen molar-refractivity contribution in [2.45, 2.75) is 90.9 Å². The van der Waals surface area contributed by atoms with Gasteiger partial charge in [-0.15, -0.1) is 0 Å². The van der Waals surface area contributed by atoms with Crippen LogP contribution in [-0.4, -0.2) is 46.5 Å². The molecule has 4 rings (SSSR count). The number of amides is 4. The first-order valence-corrected chi connectivity index (χ1v) is 13.8. The predicted octanol–water partition coefficient (Wildman–Crippen LogP) is 6.75. The van der Waals surface area contributed by atoms with Crippen molar-refractivity contribution < 1.29 is 19.2 Å². The SMILES string of the molecule is CCCCCCCCN1C(=O)c2cc3c4c(cccc4c2C1=O)C(=O)N(CCCCCCCC)C3=O. The molecule has 0 aliphatic carbocycles. The van der Waals surface area contributed by atoms with Gasteiger partial charge in [0.1, 0.15) is 0 Å². The van der Waals surface area contributed by atoms with E-state index in [0.717, 1.165) is 44.9 Å². The van der Waals surface area contributed by atoms with Gasteiger partial charge >= 0.3 is 0 Å². The zero-order chi connectivity index (χ0) is 25.7. The van der Waals surface area contributed by atoms with E-state index in [9.17, 15) is 19.2 Å². The highest BCUT2D eigenvalue weighted by Crippen LogP contribution is 2.38. The summed E-state index contributed by atoms with van der Waals surface area (Å²) in [6.07, 6.45) is 12.8. The number of nitrogens with zero attached hydrogens (tertiary/aromatic N) is 2. The molecule has 0 unspecified atom stereocenters. The van der Waals surface area contributed by atoms with Crippen LogP contribution in [0, 0.1) is 0 Å². The quantitative estimate of drug-likeness (QED) is 0.217. The zero-order valence-electron chi connectivity index (χ0n) is 21.7. The molecule has 192 valence electrons. The molecule has 36 heavy (non-hydrogen) atoms. The summed E-state index contributed by atoms with van der Waals surface area (Å²) < 4.78 is 0. The molecule has 6 heteroatoms. The van der Waals surface area contributed by atoms with E-state index >= 15 is 0 Å². The van der Waals surface area contributed by atoms with Crippen LogP contribution in [0.3, 0.4) is 0 Å². The predicted molar refractivity (Wildman–Crippen MR) is 141 cm³/mol. The van der Waals surface area contributed by atoms with Crippen LogP contribution in [0.4, 0.5) is 0 Å². The van der Waals surface area contributed by atoms with E-state index in [1.54, 1.807) is 24.3 Å². The number of fused-ring (bicyclic) bond motifs is 2. The second-order valence-corrected chi connectivity index (χ2v) is 10.1. The summed E-state index contributed by atoms with van der Waals surface area (Å²) in [4.78, 5) is 55.9. The van der Waals surface area contributed by atoms with Gasteiger partial charge in [0.25, 0.3) is 23.6 Å². The number of hydrogen-bond donors (Lipinski definition) is 0. The maximum absolute atomic E-state index is 13.4. The molecule has 2 heterocycles. The van der Waals surface area contributed by atoms with Crippen molar-refractivity contribution in [2.24, 2.45) is 0 Å². The maximum atomic E-state index is 13.4. The van der Waals surface area contributed by atoms with E-state index in [4.69, 9.17) is 0 Å². The Hall–Kier alpha value is -3.02. The molecular formula is C30H38N2O4. The number of carbonyl (C=O) groups is 4. The second kappa shape index (κ2) is 11.8. The van der Waals surface area contributed by atoms with Gasteiger partial charge in [-0.1, -0.05) is 90.2 Å². The number of hydrogen-bond acceptors (Lipinski definition) is 4. The Kier molecular flexibility index (Phi) is 8.55. The molecule has 0 aromatic heterocycles. The van der Waals surface area contributed by atoms with E-state index < -0.39 is 0 Å². The zero-order valence-corrected chi connectivity index (χ0v) is 21.7. The standard InChI is InChI=1S/C30H38N2O4/c1-3-5-7-9-11-13-18-31-27(33)22-17-15-16-21-25(22)23(28(31)34)20-24-26(21)30(36)32(29(24)35)19-14-12-10-8-6-4-2/h15-17,20H,3-14,18-19H2,1-2H3. The van der Waals surface area contributed by atoms with Crippen molar-refractivity contribution in [3.8, 4) is 0 Å². The molecule has 0 saturated carbocycles. The highest BCUT2D eigenvalue weighted by molar-refractivity contribution is 6.33. The lowest BCUT2D eigenvalue weighted by atomic mass is 9.89. The van der Waals surface area contributed by atoms with E-state index in [0.29, 0.717) is 40.6 Å². The normalized spacial score (nSPS) is 14.9. The minimum atomic E-state index is -0.366. The fourth-order valence-electron chi connectivity index (χ4n) is 5.49. The van der Waals surface area contributed by atoms with Gasteiger partial charge in [0.05, 0.1) is 11.1 Å². The van der Waals surface area contributed by atoms with Crippen molar-refractivity contribution >= 4 is 34.4 Å². The minimum Gasteiger partial charge on any atom is -0.274 e. The summed E-state index contributed by atoms with van der Waals surface area (Å²) in [6, 6.07) is 6.78. The van der Waals surface area contributed by atoms with Crippen LogP contribution in [0.25, 0.3) is 10.8 Å². The fourth-order valence-corrected chi connectivity index (χ4v) is 5.49. The molecule has 0 saturated heterocycles. The molecule has 2 aromatic carbocycles. The van der Waals surface area contributed by atoms with Crippen molar-refractivity contribution in [2.75, 3.05) is 13.1 Å². The Morgan fingerprint density at radius 1 is 0.556 bits per heavy atom. The summed E-state index contributed by atoms with van der Waals surface area (Å²) in [6.45, 7) is 5.10. The number of rotatable bonds is 14. The first-order valence-electron chi connectivity index (χ1n) is 13.8. The fraction of sp³-hybridized carbons (Fsp3) is 0.533.